The Morgan fingerprint density at radius 1 is 1.13 bits per heavy atom. The van der Waals surface area contributed by atoms with Gasteiger partial charge in [-0.25, -0.2) is 13.1 Å². The van der Waals surface area contributed by atoms with Gasteiger partial charge in [0.05, 0.1) is 22.8 Å². The lowest BCUT2D eigenvalue weighted by atomic mass is 10.1. The summed E-state index contributed by atoms with van der Waals surface area (Å²) in [5.74, 6) is -0.206. The Hall–Kier alpha value is -3.17. The standard InChI is InChI=1S/C21H22N4O4S/c1-14-6-8-18(9-7-14)30(28,29)24-11-10-19-20(13-24)23-25(21(19)27)17-5-3-4-16(12-17)22-15(2)26/h3-9,12,23H,10-11,13H2,1-2H3,(H,22,26). The summed E-state index contributed by atoms with van der Waals surface area (Å²) in [5.41, 5.74) is 3.06. The Morgan fingerprint density at radius 3 is 2.57 bits per heavy atom. The monoisotopic (exact) mass is 426 g/mol. The van der Waals surface area contributed by atoms with E-state index in [0.29, 0.717) is 29.1 Å². The summed E-state index contributed by atoms with van der Waals surface area (Å²) in [5, 5.41) is 5.74. The van der Waals surface area contributed by atoms with Crippen molar-refractivity contribution in [3.63, 3.8) is 0 Å². The zero-order valence-electron chi connectivity index (χ0n) is 16.7. The van der Waals surface area contributed by atoms with Crippen molar-refractivity contribution in [1.82, 2.24) is 14.1 Å². The number of benzene rings is 2. The van der Waals surface area contributed by atoms with Crippen molar-refractivity contribution < 1.29 is 13.2 Å². The molecule has 0 radical (unpaired) electrons. The number of hydrogen-bond donors (Lipinski definition) is 2. The molecule has 9 heteroatoms. The summed E-state index contributed by atoms with van der Waals surface area (Å²) in [6.07, 6.45) is 0.328. The van der Waals surface area contributed by atoms with Crippen LogP contribution in [0.15, 0.2) is 58.2 Å². The average Bonchev–Trinajstić information content (AvgIpc) is 3.04. The number of rotatable bonds is 4. The van der Waals surface area contributed by atoms with Crippen molar-refractivity contribution in [2.24, 2.45) is 0 Å². The van der Waals surface area contributed by atoms with Crippen LogP contribution >= 0.6 is 0 Å². The van der Waals surface area contributed by atoms with E-state index in [0.717, 1.165) is 5.56 Å². The van der Waals surface area contributed by atoms with Gasteiger partial charge >= 0.3 is 0 Å². The first-order chi connectivity index (χ1) is 14.3. The largest absolute Gasteiger partial charge is 0.326 e. The van der Waals surface area contributed by atoms with Crippen LogP contribution in [0.2, 0.25) is 0 Å². The minimum atomic E-state index is -3.66. The number of H-pyrrole nitrogens is 1. The van der Waals surface area contributed by atoms with Gasteiger partial charge in [0.2, 0.25) is 15.9 Å². The van der Waals surface area contributed by atoms with Gasteiger partial charge in [-0.2, -0.15) is 4.31 Å². The fourth-order valence-corrected chi connectivity index (χ4v) is 4.98. The van der Waals surface area contributed by atoms with E-state index in [4.69, 9.17) is 0 Å². The van der Waals surface area contributed by atoms with Gasteiger partial charge in [-0.15, -0.1) is 0 Å². The second kappa shape index (κ2) is 7.58. The molecule has 1 aromatic heterocycles. The van der Waals surface area contributed by atoms with Gasteiger partial charge in [0.1, 0.15) is 0 Å². The third-order valence-electron chi connectivity index (χ3n) is 5.10. The summed E-state index contributed by atoms with van der Waals surface area (Å²) in [6.45, 7) is 3.65. The fraction of sp³-hybridized carbons (Fsp3) is 0.238. The number of aryl methyl sites for hydroxylation is 1. The number of carbonyl (C=O) groups excluding carboxylic acids is 1. The molecule has 0 aliphatic carbocycles. The Morgan fingerprint density at radius 2 is 1.87 bits per heavy atom. The van der Waals surface area contributed by atoms with Gasteiger partial charge in [-0.1, -0.05) is 23.8 Å². The minimum Gasteiger partial charge on any atom is -0.326 e. The first-order valence-electron chi connectivity index (χ1n) is 9.53. The van der Waals surface area contributed by atoms with Gasteiger partial charge in [-0.3, -0.25) is 14.7 Å². The molecule has 0 unspecified atom stereocenters. The number of nitrogens with one attached hydrogen (secondary N) is 2. The Bertz CT molecular complexity index is 1270. The van der Waals surface area contributed by atoms with Crippen molar-refractivity contribution in [2.75, 3.05) is 11.9 Å². The highest BCUT2D eigenvalue weighted by Gasteiger charge is 2.31. The topological polar surface area (TPSA) is 104 Å². The molecular weight excluding hydrogens is 404 g/mol. The molecule has 3 aromatic rings. The van der Waals surface area contributed by atoms with Crippen LogP contribution in [0.5, 0.6) is 0 Å². The van der Waals surface area contributed by atoms with Crippen LogP contribution < -0.4 is 10.9 Å². The predicted molar refractivity (Wildman–Crippen MR) is 113 cm³/mol. The van der Waals surface area contributed by atoms with E-state index >= 15 is 0 Å². The maximum Gasteiger partial charge on any atom is 0.274 e. The molecule has 8 nitrogen and oxygen atoms in total. The number of carbonyl (C=O) groups is 1. The summed E-state index contributed by atoms with van der Waals surface area (Å²) in [4.78, 5) is 24.4. The number of aromatic amines is 1. The lowest BCUT2D eigenvalue weighted by Crippen LogP contribution is -2.37. The second-order valence-electron chi connectivity index (χ2n) is 7.34. The third kappa shape index (κ3) is 3.69. The molecule has 0 saturated heterocycles. The highest BCUT2D eigenvalue weighted by Crippen LogP contribution is 2.24. The zero-order chi connectivity index (χ0) is 21.5. The molecule has 2 N–H and O–H groups in total. The molecule has 2 heterocycles. The lowest BCUT2D eigenvalue weighted by molar-refractivity contribution is -0.114. The lowest BCUT2D eigenvalue weighted by Gasteiger charge is -2.25. The van der Waals surface area contributed by atoms with Crippen LogP contribution in [0, 0.1) is 6.92 Å². The molecule has 30 heavy (non-hydrogen) atoms. The minimum absolute atomic E-state index is 0.0964. The summed E-state index contributed by atoms with van der Waals surface area (Å²) >= 11 is 0. The zero-order valence-corrected chi connectivity index (χ0v) is 17.5. The highest BCUT2D eigenvalue weighted by atomic mass is 32.2. The Balaban J connectivity index is 1.65. The van der Waals surface area contributed by atoms with E-state index in [-0.39, 0.29) is 29.5 Å². The number of amides is 1. The summed E-state index contributed by atoms with van der Waals surface area (Å²) < 4.78 is 28.8. The van der Waals surface area contributed by atoms with Gasteiger partial charge in [0.25, 0.3) is 5.56 Å². The van der Waals surface area contributed by atoms with E-state index in [1.807, 2.05) is 6.92 Å². The van der Waals surface area contributed by atoms with Crippen LogP contribution in [0.4, 0.5) is 5.69 Å². The van der Waals surface area contributed by atoms with Crippen LogP contribution in [-0.4, -0.2) is 35.0 Å². The van der Waals surface area contributed by atoms with Crippen LogP contribution in [-0.2, 0) is 27.8 Å². The summed E-state index contributed by atoms with van der Waals surface area (Å²) in [7, 11) is -3.66. The molecule has 0 fully saturated rings. The van der Waals surface area contributed by atoms with Gasteiger partial charge < -0.3 is 5.32 Å². The molecule has 1 aliphatic rings. The van der Waals surface area contributed by atoms with Gasteiger partial charge in [-0.05, 0) is 43.7 Å². The predicted octanol–water partition coefficient (Wildman–Crippen LogP) is 2.18. The number of nitrogens with zero attached hydrogens (tertiary/aromatic N) is 2. The highest BCUT2D eigenvalue weighted by molar-refractivity contribution is 7.89. The van der Waals surface area contributed by atoms with Crippen molar-refractivity contribution in [2.45, 2.75) is 31.7 Å². The number of sulfonamides is 1. The molecule has 0 bridgehead atoms. The van der Waals surface area contributed by atoms with E-state index < -0.39 is 10.0 Å². The second-order valence-corrected chi connectivity index (χ2v) is 9.28. The third-order valence-corrected chi connectivity index (χ3v) is 6.96. The SMILES string of the molecule is CC(=O)Nc1cccc(-n2[nH]c3c(c2=O)CCN(S(=O)(=O)c2ccc(C)cc2)C3)c1. The molecule has 1 aliphatic heterocycles. The maximum atomic E-state index is 13.0. The van der Waals surface area contributed by atoms with E-state index in [2.05, 4.69) is 10.4 Å². The van der Waals surface area contributed by atoms with Crippen molar-refractivity contribution in [3.05, 3.63) is 75.7 Å². The Labute approximate surface area is 174 Å². The molecule has 0 saturated carbocycles. The van der Waals surface area contributed by atoms with E-state index in [1.54, 1.807) is 48.5 Å². The molecule has 2 aromatic carbocycles. The molecule has 4 rings (SSSR count). The fourth-order valence-electron chi connectivity index (χ4n) is 3.57. The number of fused-ring (bicyclic) bond motifs is 1. The smallest absolute Gasteiger partial charge is 0.274 e. The summed E-state index contributed by atoms with van der Waals surface area (Å²) in [6, 6.07) is 13.6. The first kappa shape index (κ1) is 20.1. The van der Waals surface area contributed by atoms with Crippen LogP contribution in [0.1, 0.15) is 23.7 Å². The quantitative estimate of drug-likeness (QED) is 0.667. The van der Waals surface area contributed by atoms with E-state index in [1.165, 1.54) is 15.9 Å². The number of anilines is 1. The molecule has 1 amide bonds. The van der Waals surface area contributed by atoms with Crippen LogP contribution in [0.25, 0.3) is 5.69 Å². The first-order valence-corrected chi connectivity index (χ1v) is 11.0. The normalized spacial score (nSPS) is 14.3. The van der Waals surface area contributed by atoms with E-state index in [9.17, 15) is 18.0 Å². The Kier molecular flexibility index (Phi) is 5.08. The maximum absolute atomic E-state index is 13.0. The molecular formula is C21H22N4O4S. The van der Waals surface area contributed by atoms with Crippen LogP contribution in [0.3, 0.4) is 0 Å². The van der Waals surface area contributed by atoms with Gasteiger partial charge in [0, 0.05) is 24.7 Å². The number of aromatic nitrogens is 2. The molecule has 0 atom stereocenters. The molecule has 156 valence electrons. The van der Waals surface area contributed by atoms with Gasteiger partial charge in [0.15, 0.2) is 0 Å². The van der Waals surface area contributed by atoms with Crippen molar-refractivity contribution in [1.29, 1.82) is 0 Å². The average molecular weight is 426 g/mol. The molecule has 0 spiro atoms. The van der Waals surface area contributed by atoms with Crippen molar-refractivity contribution >= 4 is 21.6 Å². The number of hydrogen-bond acceptors (Lipinski definition) is 4. The van der Waals surface area contributed by atoms with Crippen molar-refractivity contribution in [3.8, 4) is 5.69 Å².